The molecule has 0 aromatic carbocycles. The molecule has 0 radical (unpaired) electrons. The van der Waals surface area contributed by atoms with Gasteiger partial charge in [0.2, 0.25) is 0 Å². The van der Waals surface area contributed by atoms with Crippen LogP contribution in [0.3, 0.4) is 0 Å². The van der Waals surface area contributed by atoms with Gasteiger partial charge >= 0.3 is 0 Å². The monoisotopic (exact) mass is 208 g/mol. The average Bonchev–Trinajstić information content (AvgIpc) is 2.15. The third-order valence-electron chi connectivity index (χ3n) is 1.76. The highest BCUT2D eigenvalue weighted by molar-refractivity contribution is 9.09. The van der Waals surface area contributed by atoms with E-state index in [1.807, 2.05) is 13.8 Å². The lowest BCUT2D eigenvalue weighted by Crippen LogP contribution is -2.35. The van der Waals surface area contributed by atoms with Crippen LogP contribution in [0, 0.1) is 0 Å². The van der Waals surface area contributed by atoms with Crippen LogP contribution in [0.4, 0.5) is 0 Å². The first-order valence-electron chi connectivity index (χ1n) is 3.61. The molecule has 2 atom stereocenters. The van der Waals surface area contributed by atoms with Gasteiger partial charge < -0.3 is 9.47 Å². The topological polar surface area (TPSA) is 18.5 Å². The summed E-state index contributed by atoms with van der Waals surface area (Å²) in [6, 6.07) is 0. The van der Waals surface area contributed by atoms with Crippen LogP contribution in [0.1, 0.15) is 20.3 Å². The molecule has 0 spiro atoms. The van der Waals surface area contributed by atoms with E-state index < -0.39 is 0 Å². The van der Waals surface area contributed by atoms with Crippen molar-refractivity contribution < 1.29 is 9.47 Å². The van der Waals surface area contributed by atoms with Crippen molar-refractivity contribution in [3.8, 4) is 0 Å². The molecule has 0 saturated carbocycles. The molecule has 2 nitrogen and oxygen atoms in total. The van der Waals surface area contributed by atoms with Crippen molar-refractivity contribution in [3.05, 3.63) is 0 Å². The third kappa shape index (κ3) is 1.52. The predicted octanol–water partition coefficient (Wildman–Crippen LogP) is 1.92. The van der Waals surface area contributed by atoms with Gasteiger partial charge in [-0.3, -0.25) is 0 Å². The molecule has 3 heteroatoms. The molecular weight excluding hydrogens is 196 g/mol. The molecule has 0 aromatic rings. The lowest BCUT2D eigenvalue weighted by Gasteiger charge is -2.26. The van der Waals surface area contributed by atoms with Crippen LogP contribution in [-0.2, 0) is 9.47 Å². The van der Waals surface area contributed by atoms with Gasteiger partial charge in [0.15, 0.2) is 5.79 Å². The van der Waals surface area contributed by atoms with E-state index in [-0.39, 0.29) is 5.79 Å². The first-order chi connectivity index (χ1) is 4.69. The van der Waals surface area contributed by atoms with Crippen molar-refractivity contribution in [1.29, 1.82) is 0 Å². The van der Waals surface area contributed by atoms with Gasteiger partial charge in [0, 0.05) is 6.61 Å². The molecule has 0 unspecified atom stereocenters. The first-order valence-corrected chi connectivity index (χ1v) is 4.52. The van der Waals surface area contributed by atoms with E-state index in [0.29, 0.717) is 11.4 Å². The highest BCUT2D eigenvalue weighted by Gasteiger charge is 2.39. The summed E-state index contributed by atoms with van der Waals surface area (Å²) in [6.45, 7) is 5.46. The maximum absolute atomic E-state index is 5.43. The Kier molecular flexibility index (Phi) is 2.72. The van der Waals surface area contributed by atoms with E-state index in [1.165, 1.54) is 0 Å². The second-order valence-corrected chi connectivity index (χ2v) is 3.66. The van der Waals surface area contributed by atoms with Gasteiger partial charge in [0.25, 0.3) is 0 Å². The summed E-state index contributed by atoms with van der Waals surface area (Å²) in [7, 11) is 0. The molecule has 0 aromatic heterocycles. The number of halogens is 1. The van der Waals surface area contributed by atoms with Crippen LogP contribution < -0.4 is 0 Å². The van der Waals surface area contributed by atoms with Crippen molar-refractivity contribution in [2.24, 2.45) is 0 Å². The molecule has 60 valence electrons. The summed E-state index contributed by atoms with van der Waals surface area (Å²) in [5.74, 6) is -0.380. The Morgan fingerprint density at radius 2 is 2.50 bits per heavy atom. The van der Waals surface area contributed by atoms with Gasteiger partial charge in [-0.15, -0.1) is 0 Å². The zero-order chi connectivity index (χ0) is 7.61. The largest absolute Gasteiger partial charge is 0.349 e. The minimum atomic E-state index is -0.380. The van der Waals surface area contributed by atoms with Gasteiger partial charge in [-0.25, -0.2) is 0 Å². The average molecular weight is 209 g/mol. The normalized spacial score (nSPS) is 40.5. The van der Waals surface area contributed by atoms with E-state index in [2.05, 4.69) is 15.9 Å². The van der Waals surface area contributed by atoms with Crippen molar-refractivity contribution in [1.82, 2.24) is 0 Å². The molecule has 1 heterocycles. The lowest BCUT2D eigenvalue weighted by atomic mass is 10.2. The Bertz CT molecular complexity index is 118. The Labute approximate surface area is 70.0 Å². The first kappa shape index (κ1) is 8.50. The van der Waals surface area contributed by atoms with Gasteiger partial charge in [-0.1, -0.05) is 15.9 Å². The molecule has 0 aliphatic carbocycles. The summed E-state index contributed by atoms with van der Waals surface area (Å²) >= 11 is 3.51. The van der Waals surface area contributed by atoms with Crippen LogP contribution in [-0.4, -0.2) is 23.8 Å². The molecule has 10 heavy (non-hydrogen) atoms. The molecule has 1 fully saturated rings. The van der Waals surface area contributed by atoms with Gasteiger partial charge in [-0.05, 0) is 20.3 Å². The van der Waals surface area contributed by atoms with Gasteiger partial charge in [-0.2, -0.15) is 0 Å². The zero-order valence-corrected chi connectivity index (χ0v) is 7.98. The van der Waals surface area contributed by atoms with Crippen molar-refractivity contribution in [2.45, 2.75) is 30.9 Å². The summed E-state index contributed by atoms with van der Waals surface area (Å²) in [4.78, 5) is 0.347. The van der Waals surface area contributed by atoms with E-state index in [9.17, 15) is 0 Å². The quantitative estimate of drug-likeness (QED) is 0.647. The highest BCUT2D eigenvalue weighted by atomic mass is 79.9. The molecule has 1 rings (SSSR count). The van der Waals surface area contributed by atoms with E-state index in [0.717, 1.165) is 13.0 Å². The van der Waals surface area contributed by atoms with E-state index in [1.54, 1.807) is 0 Å². The molecule has 0 N–H and O–H groups in total. The standard InChI is InChI=1S/C7H13BrO2/c1-3-9-7(2)6(8)4-5-10-7/h6H,3-5H2,1-2H3/t6-,7+/m1/s1. The van der Waals surface area contributed by atoms with Crippen LogP contribution in [0.2, 0.25) is 0 Å². The van der Waals surface area contributed by atoms with Gasteiger partial charge in [0.05, 0.1) is 11.4 Å². The molecule has 0 bridgehead atoms. The number of ether oxygens (including phenoxy) is 2. The van der Waals surface area contributed by atoms with Crippen LogP contribution >= 0.6 is 15.9 Å². The predicted molar refractivity (Wildman–Crippen MR) is 43.3 cm³/mol. The van der Waals surface area contributed by atoms with Crippen LogP contribution in [0.5, 0.6) is 0 Å². The molecule has 1 aliphatic rings. The Morgan fingerprint density at radius 3 is 2.90 bits per heavy atom. The smallest absolute Gasteiger partial charge is 0.177 e. The zero-order valence-electron chi connectivity index (χ0n) is 6.39. The fraction of sp³-hybridized carbons (Fsp3) is 1.00. The van der Waals surface area contributed by atoms with E-state index >= 15 is 0 Å². The highest BCUT2D eigenvalue weighted by Crippen LogP contribution is 2.32. The number of alkyl halides is 1. The fourth-order valence-corrected chi connectivity index (χ4v) is 1.59. The Morgan fingerprint density at radius 1 is 1.80 bits per heavy atom. The minimum absolute atomic E-state index is 0.347. The van der Waals surface area contributed by atoms with Crippen LogP contribution in [0.15, 0.2) is 0 Å². The fourth-order valence-electron chi connectivity index (χ4n) is 1.14. The molecular formula is C7H13BrO2. The summed E-state index contributed by atoms with van der Waals surface area (Å²) in [5.41, 5.74) is 0. The molecule has 0 amide bonds. The number of hydrogen-bond acceptors (Lipinski definition) is 2. The number of hydrogen-bond donors (Lipinski definition) is 0. The minimum Gasteiger partial charge on any atom is -0.349 e. The SMILES string of the molecule is CCO[C@@]1(C)OCC[C@H]1Br. The third-order valence-corrected chi connectivity index (χ3v) is 3.05. The van der Waals surface area contributed by atoms with E-state index in [4.69, 9.17) is 9.47 Å². The summed E-state index contributed by atoms with van der Waals surface area (Å²) in [5, 5.41) is 0. The summed E-state index contributed by atoms with van der Waals surface area (Å²) < 4.78 is 10.9. The number of rotatable bonds is 2. The van der Waals surface area contributed by atoms with Crippen LogP contribution in [0.25, 0.3) is 0 Å². The lowest BCUT2D eigenvalue weighted by molar-refractivity contribution is -0.190. The van der Waals surface area contributed by atoms with Gasteiger partial charge in [0.1, 0.15) is 0 Å². The second kappa shape index (κ2) is 3.20. The maximum Gasteiger partial charge on any atom is 0.177 e. The summed E-state index contributed by atoms with van der Waals surface area (Å²) in [6.07, 6.45) is 1.04. The Hall–Kier alpha value is 0.400. The van der Waals surface area contributed by atoms with Crippen molar-refractivity contribution in [2.75, 3.05) is 13.2 Å². The Balaban J connectivity index is 2.48. The molecule has 1 saturated heterocycles. The second-order valence-electron chi connectivity index (χ2n) is 2.55. The molecule has 1 aliphatic heterocycles. The van der Waals surface area contributed by atoms with Crippen molar-refractivity contribution in [3.63, 3.8) is 0 Å². The van der Waals surface area contributed by atoms with Crippen molar-refractivity contribution >= 4 is 15.9 Å². The maximum atomic E-state index is 5.43.